The van der Waals surface area contributed by atoms with Gasteiger partial charge in [0.1, 0.15) is 5.82 Å². The van der Waals surface area contributed by atoms with Gasteiger partial charge in [-0.3, -0.25) is 4.72 Å². The molecule has 0 fully saturated rings. The fourth-order valence-electron chi connectivity index (χ4n) is 1.12. The zero-order valence-corrected chi connectivity index (χ0v) is 9.98. The first-order valence-electron chi connectivity index (χ1n) is 4.59. The van der Waals surface area contributed by atoms with Crippen LogP contribution < -0.4 is 10.5 Å². The van der Waals surface area contributed by atoms with Crippen LogP contribution in [0.2, 0.25) is 5.02 Å². The normalized spacial score (nSPS) is 11.4. The molecule has 0 radical (unpaired) electrons. The first-order chi connectivity index (χ1) is 7.43. The Morgan fingerprint density at radius 1 is 1.38 bits per heavy atom. The third-order valence-electron chi connectivity index (χ3n) is 1.75. The molecule has 4 nitrogen and oxygen atoms in total. The number of nitrogens with one attached hydrogen (secondary N) is 1. The summed E-state index contributed by atoms with van der Waals surface area (Å²) in [5.74, 6) is -0.693. The van der Waals surface area contributed by atoms with Crippen molar-refractivity contribution in [1.82, 2.24) is 0 Å². The van der Waals surface area contributed by atoms with Gasteiger partial charge in [0.05, 0.1) is 11.4 Å². The number of hydrogen-bond acceptors (Lipinski definition) is 3. The van der Waals surface area contributed by atoms with Crippen LogP contribution in [-0.2, 0) is 10.0 Å². The summed E-state index contributed by atoms with van der Waals surface area (Å²) in [4.78, 5) is 0. The summed E-state index contributed by atoms with van der Waals surface area (Å²) < 4.78 is 38.0. The highest BCUT2D eigenvalue weighted by Gasteiger charge is 2.10. The van der Waals surface area contributed by atoms with Crippen LogP contribution >= 0.6 is 11.6 Å². The maximum absolute atomic E-state index is 12.9. The summed E-state index contributed by atoms with van der Waals surface area (Å²) >= 11 is 5.59. The van der Waals surface area contributed by atoms with E-state index >= 15 is 0 Å². The van der Waals surface area contributed by atoms with Gasteiger partial charge < -0.3 is 5.73 Å². The topological polar surface area (TPSA) is 72.2 Å². The molecule has 0 aromatic heterocycles. The molecule has 0 bridgehead atoms. The van der Waals surface area contributed by atoms with Gasteiger partial charge >= 0.3 is 0 Å². The van der Waals surface area contributed by atoms with E-state index in [1.165, 1.54) is 6.07 Å². The monoisotopic (exact) mass is 266 g/mol. The van der Waals surface area contributed by atoms with E-state index in [0.717, 1.165) is 12.1 Å². The summed E-state index contributed by atoms with van der Waals surface area (Å²) in [6, 6.07) is 3.50. The molecule has 1 rings (SSSR count). The zero-order chi connectivity index (χ0) is 12.2. The van der Waals surface area contributed by atoms with Crippen LogP contribution in [0.4, 0.5) is 10.1 Å². The van der Waals surface area contributed by atoms with E-state index in [-0.39, 0.29) is 23.0 Å². The Labute approximate surface area is 98.6 Å². The van der Waals surface area contributed by atoms with Crippen molar-refractivity contribution in [2.75, 3.05) is 17.0 Å². The quantitative estimate of drug-likeness (QED) is 0.850. The maximum Gasteiger partial charge on any atom is 0.232 e. The van der Waals surface area contributed by atoms with E-state index in [4.69, 9.17) is 17.3 Å². The van der Waals surface area contributed by atoms with Crippen LogP contribution in [0.3, 0.4) is 0 Å². The molecule has 0 unspecified atom stereocenters. The molecule has 0 aliphatic heterocycles. The van der Waals surface area contributed by atoms with Crippen molar-refractivity contribution in [1.29, 1.82) is 0 Å². The van der Waals surface area contributed by atoms with Crippen molar-refractivity contribution in [3.63, 3.8) is 0 Å². The Kier molecular flexibility index (Phi) is 4.52. The molecule has 0 heterocycles. The van der Waals surface area contributed by atoms with E-state index < -0.39 is 15.8 Å². The molecule has 0 spiro atoms. The van der Waals surface area contributed by atoms with Crippen molar-refractivity contribution >= 4 is 27.3 Å². The SMILES string of the molecule is NCCCS(=O)(=O)Nc1cc(F)cc(Cl)c1. The molecule has 1 aromatic carbocycles. The van der Waals surface area contributed by atoms with Crippen LogP contribution in [0.25, 0.3) is 0 Å². The third kappa shape index (κ3) is 4.34. The Morgan fingerprint density at radius 3 is 2.62 bits per heavy atom. The minimum absolute atomic E-state index is 0.0996. The Hall–Kier alpha value is -0.850. The van der Waals surface area contributed by atoms with E-state index in [2.05, 4.69) is 4.72 Å². The minimum Gasteiger partial charge on any atom is -0.330 e. The van der Waals surface area contributed by atoms with Crippen molar-refractivity contribution in [2.24, 2.45) is 5.73 Å². The van der Waals surface area contributed by atoms with Crippen LogP contribution in [0.5, 0.6) is 0 Å². The smallest absolute Gasteiger partial charge is 0.232 e. The number of nitrogens with two attached hydrogens (primary N) is 1. The molecule has 7 heteroatoms. The zero-order valence-electron chi connectivity index (χ0n) is 8.41. The first kappa shape index (κ1) is 13.2. The van der Waals surface area contributed by atoms with Gasteiger partial charge in [-0.2, -0.15) is 0 Å². The van der Waals surface area contributed by atoms with Crippen LogP contribution in [-0.4, -0.2) is 20.7 Å². The lowest BCUT2D eigenvalue weighted by atomic mass is 10.3. The number of hydrogen-bond donors (Lipinski definition) is 2. The number of sulfonamides is 1. The van der Waals surface area contributed by atoms with Gasteiger partial charge in [0, 0.05) is 5.02 Å². The van der Waals surface area contributed by atoms with Gasteiger partial charge in [-0.05, 0) is 31.2 Å². The lowest BCUT2D eigenvalue weighted by molar-refractivity contribution is 0.598. The molecule has 0 saturated carbocycles. The molecule has 1 aromatic rings. The lowest BCUT2D eigenvalue weighted by Crippen LogP contribution is -2.19. The van der Waals surface area contributed by atoms with E-state index in [1.54, 1.807) is 0 Å². The second-order valence-corrected chi connectivity index (χ2v) is 5.50. The second-order valence-electron chi connectivity index (χ2n) is 3.22. The molecule has 0 amide bonds. The average Bonchev–Trinajstić information content (AvgIpc) is 2.12. The maximum atomic E-state index is 12.9. The highest BCUT2D eigenvalue weighted by Crippen LogP contribution is 2.19. The van der Waals surface area contributed by atoms with Gasteiger partial charge in [-0.15, -0.1) is 0 Å². The molecule has 0 aliphatic rings. The predicted molar refractivity (Wildman–Crippen MR) is 62.5 cm³/mol. The van der Waals surface area contributed by atoms with Gasteiger partial charge in [0.25, 0.3) is 0 Å². The number of rotatable bonds is 5. The lowest BCUT2D eigenvalue weighted by Gasteiger charge is -2.07. The second kappa shape index (κ2) is 5.47. The summed E-state index contributed by atoms with van der Waals surface area (Å²) in [6.45, 7) is 0.283. The van der Waals surface area contributed by atoms with Gasteiger partial charge in [0.2, 0.25) is 10.0 Å². The highest BCUT2D eigenvalue weighted by molar-refractivity contribution is 7.92. The molecular formula is C9H12ClFN2O2S. The average molecular weight is 267 g/mol. The van der Waals surface area contributed by atoms with Crippen LogP contribution in [0, 0.1) is 5.82 Å². The fraction of sp³-hybridized carbons (Fsp3) is 0.333. The Morgan fingerprint density at radius 2 is 2.06 bits per heavy atom. The number of halogens is 2. The third-order valence-corrected chi connectivity index (χ3v) is 3.34. The Balaban J connectivity index is 2.80. The van der Waals surface area contributed by atoms with Crippen molar-refractivity contribution < 1.29 is 12.8 Å². The Bertz CT molecular complexity index is 444. The summed E-state index contributed by atoms with van der Waals surface area (Å²) in [5, 5.41) is 0.136. The minimum atomic E-state index is -3.49. The van der Waals surface area contributed by atoms with Gasteiger partial charge in [-0.25, -0.2) is 12.8 Å². The molecule has 0 aliphatic carbocycles. The van der Waals surface area contributed by atoms with E-state index in [1.807, 2.05) is 0 Å². The van der Waals surface area contributed by atoms with E-state index in [9.17, 15) is 12.8 Å². The largest absolute Gasteiger partial charge is 0.330 e. The molecule has 16 heavy (non-hydrogen) atoms. The summed E-state index contributed by atoms with van der Waals surface area (Å²) in [7, 11) is -3.49. The predicted octanol–water partition coefficient (Wildman–Crippen LogP) is 1.57. The van der Waals surface area contributed by atoms with Gasteiger partial charge in [0.15, 0.2) is 0 Å². The molecule has 0 saturated heterocycles. The number of benzene rings is 1. The molecular weight excluding hydrogens is 255 g/mol. The molecule has 3 N–H and O–H groups in total. The van der Waals surface area contributed by atoms with Crippen molar-refractivity contribution in [2.45, 2.75) is 6.42 Å². The van der Waals surface area contributed by atoms with E-state index in [0.29, 0.717) is 6.42 Å². The van der Waals surface area contributed by atoms with Gasteiger partial charge in [-0.1, -0.05) is 11.6 Å². The van der Waals surface area contributed by atoms with Crippen LogP contribution in [0.15, 0.2) is 18.2 Å². The number of anilines is 1. The van der Waals surface area contributed by atoms with Crippen molar-refractivity contribution in [3.8, 4) is 0 Å². The molecule has 90 valence electrons. The fourth-order valence-corrected chi connectivity index (χ4v) is 2.46. The summed E-state index contributed by atoms with van der Waals surface area (Å²) in [6.07, 6.45) is 0.346. The van der Waals surface area contributed by atoms with Crippen molar-refractivity contribution in [3.05, 3.63) is 29.0 Å². The molecule has 0 atom stereocenters. The standard InChI is InChI=1S/C9H12ClFN2O2S/c10-7-4-8(11)6-9(5-7)13-16(14,15)3-1-2-12/h4-6,13H,1-3,12H2. The summed E-state index contributed by atoms with van der Waals surface area (Å²) in [5.41, 5.74) is 5.32. The first-order valence-corrected chi connectivity index (χ1v) is 6.62. The van der Waals surface area contributed by atoms with Crippen LogP contribution in [0.1, 0.15) is 6.42 Å². The highest BCUT2D eigenvalue weighted by atomic mass is 35.5.